The molecular formula is C45H60N6O12. The Morgan fingerprint density at radius 2 is 1.54 bits per heavy atom. The number of nitrogens with zero attached hydrogens (tertiary/aromatic N) is 3. The van der Waals surface area contributed by atoms with Crippen LogP contribution in [0.25, 0.3) is 0 Å². The maximum absolute atomic E-state index is 14.0. The van der Waals surface area contributed by atoms with Gasteiger partial charge in [-0.1, -0.05) is 50.1 Å². The molecule has 18 heteroatoms. The van der Waals surface area contributed by atoms with Gasteiger partial charge in [-0.2, -0.15) is 4.90 Å². The molecule has 2 atom stereocenters. The van der Waals surface area contributed by atoms with Crippen LogP contribution in [0.5, 0.6) is 0 Å². The lowest BCUT2D eigenvalue weighted by Gasteiger charge is -2.35. The van der Waals surface area contributed by atoms with Crippen molar-refractivity contribution in [3.05, 3.63) is 71.8 Å². The van der Waals surface area contributed by atoms with Crippen molar-refractivity contribution < 1.29 is 57.3 Å². The van der Waals surface area contributed by atoms with E-state index in [0.717, 1.165) is 25.7 Å². The number of alkyl carbamates (subject to hydrolysis) is 2. The summed E-state index contributed by atoms with van der Waals surface area (Å²) in [6, 6.07) is 9.51. The number of fused-ring (bicyclic) bond motifs is 1. The highest BCUT2D eigenvalue weighted by atomic mass is 16.6. The molecule has 1 unspecified atom stereocenters. The second-order valence-corrected chi connectivity index (χ2v) is 17.2. The Hall–Kier alpha value is -6.46. The van der Waals surface area contributed by atoms with E-state index in [9.17, 15) is 38.4 Å². The van der Waals surface area contributed by atoms with Crippen LogP contribution in [0.15, 0.2) is 55.1 Å². The van der Waals surface area contributed by atoms with Gasteiger partial charge in [-0.25, -0.2) is 19.2 Å². The van der Waals surface area contributed by atoms with Crippen LogP contribution in [0.4, 0.5) is 30.6 Å². The number of nitrogens with one attached hydrogen (secondary N) is 3. The summed E-state index contributed by atoms with van der Waals surface area (Å²) in [5, 5.41) is 7.88. The molecule has 2 aliphatic heterocycles. The minimum absolute atomic E-state index is 0.00186. The highest BCUT2D eigenvalue weighted by Gasteiger charge is 2.47. The Bertz CT molecular complexity index is 2020. The largest absolute Gasteiger partial charge is 0.445 e. The number of piperidine rings is 1. The van der Waals surface area contributed by atoms with Gasteiger partial charge in [-0.3, -0.25) is 24.1 Å². The minimum atomic E-state index is -1.13. The minimum Gasteiger partial charge on any atom is -0.445 e. The van der Waals surface area contributed by atoms with Gasteiger partial charge in [0.2, 0.25) is 11.8 Å². The van der Waals surface area contributed by atoms with Crippen LogP contribution in [-0.4, -0.2) is 101 Å². The number of anilines is 2. The lowest BCUT2D eigenvalue weighted by molar-refractivity contribution is -0.150. The summed E-state index contributed by atoms with van der Waals surface area (Å²) in [6.07, 6.45) is 1.88. The monoisotopic (exact) mass is 876 g/mol. The molecule has 1 fully saturated rings. The van der Waals surface area contributed by atoms with E-state index in [1.54, 1.807) is 84.0 Å². The number of unbranched alkanes of at least 4 members (excludes halogenated alkanes) is 4. The van der Waals surface area contributed by atoms with Crippen molar-refractivity contribution in [1.29, 1.82) is 0 Å². The summed E-state index contributed by atoms with van der Waals surface area (Å²) < 4.78 is 21.3. The highest BCUT2D eigenvalue weighted by molar-refractivity contribution is 6.14. The first-order valence-electron chi connectivity index (χ1n) is 21.1. The highest BCUT2D eigenvalue weighted by Crippen LogP contribution is 2.36. The summed E-state index contributed by atoms with van der Waals surface area (Å²) in [7, 11) is 0. The van der Waals surface area contributed by atoms with Crippen molar-refractivity contribution in [3.8, 4) is 0 Å². The number of imide groups is 3. The zero-order valence-corrected chi connectivity index (χ0v) is 37.2. The number of amides is 8. The molecule has 0 bridgehead atoms. The average Bonchev–Trinajstić information content (AvgIpc) is 3.53. The SMILES string of the molecule is C=CCOC(=O)N[C@@H](C)C(=O)Nc1ccc(COC(=O)N(CCCCCCCNC(=O)OC(C)(C)C)c2cccc3c2CN(C2CCC(=O)N(C(=O)OC(C)(C)C)C2=O)C3=O)cc1. The van der Waals surface area contributed by atoms with E-state index in [-0.39, 0.29) is 44.7 Å². The molecule has 0 radical (unpaired) electrons. The van der Waals surface area contributed by atoms with E-state index in [1.807, 2.05) is 0 Å². The molecule has 2 aliphatic rings. The molecule has 18 nitrogen and oxygen atoms in total. The zero-order chi connectivity index (χ0) is 46.5. The van der Waals surface area contributed by atoms with E-state index in [1.165, 1.54) is 22.8 Å². The van der Waals surface area contributed by atoms with Crippen LogP contribution < -0.4 is 20.9 Å². The standard InChI is InChI=1S/C45H60N6O12/c1-9-26-60-41(57)47-29(2)37(53)48-31-20-18-30(19-21-31)28-61-42(58)49(25-14-12-10-11-13-24-46-40(56)62-44(3,4)5)34-17-15-16-32-33(34)27-50(38(32)54)35-22-23-36(52)51(39(35)55)43(59)63-45(6,7)8/h9,15-21,29,35H,1,10-14,22-28H2,2-8H3,(H,46,56)(H,47,57)(H,48,53)/t29-,35?/m0/s1. The average molecular weight is 877 g/mol. The molecule has 3 N–H and O–H groups in total. The number of benzene rings is 2. The number of carbonyl (C=O) groups excluding carboxylic acids is 8. The molecule has 1 saturated heterocycles. The second-order valence-electron chi connectivity index (χ2n) is 17.2. The van der Waals surface area contributed by atoms with Crippen molar-refractivity contribution >= 4 is 59.4 Å². The van der Waals surface area contributed by atoms with Gasteiger partial charge in [0, 0.05) is 42.9 Å². The van der Waals surface area contributed by atoms with Gasteiger partial charge in [0.1, 0.15) is 36.5 Å². The van der Waals surface area contributed by atoms with E-state index >= 15 is 0 Å². The molecule has 342 valence electrons. The quantitative estimate of drug-likeness (QED) is 0.0636. The summed E-state index contributed by atoms with van der Waals surface area (Å²) in [5.41, 5.74) is 0.650. The maximum atomic E-state index is 14.0. The van der Waals surface area contributed by atoms with Crippen molar-refractivity contribution in [1.82, 2.24) is 20.4 Å². The topological polar surface area (TPSA) is 219 Å². The van der Waals surface area contributed by atoms with Crippen molar-refractivity contribution in [2.75, 3.05) is 29.9 Å². The smallest absolute Gasteiger partial charge is 0.424 e. The fourth-order valence-corrected chi connectivity index (χ4v) is 6.71. The van der Waals surface area contributed by atoms with Crippen LogP contribution in [0.1, 0.15) is 115 Å². The lowest BCUT2D eigenvalue weighted by Crippen LogP contribution is -2.57. The van der Waals surface area contributed by atoms with Gasteiger partial charge in [0.05, 0.1) is 5.69 Å². The molecule has 2 heterocycles. The molecule has 0 aromatic heterocycles. The maximum Gasteiger partial charge on any atom is 0.424 e. The van der Waals surface area contributed by atoms with Gasteiger partial charge < -0.3 is 39.8 Å². The molecule has 2 aromatic rings. The first kappa shape index (κ1) is 49.2. The van der Waals surface area contributed by atoms with E-state index in [0.29, 0.717) is 40.4 Å². The molecule has 4 rings (SSSR count). The predicted molar refractivity (Wildman–Crippen MR) is 231 cm³/mol. The lowest BCUT2D eigenvalue weighted by atomic mass is 10.0. The van der Waals surface area contributed by atoms with Gasteiger partial charge in [0.25, 0.3) is 11.8 Å². The molecule has 0 spiro atoms. The van der Waals surface area contributed by atoms with Gasteiger partial charge in [-0.15, -0.1) is 0 Å². The third-order valence-electron chi connectivity index (χ3n) is 9.69. The number of hydrogen-bond donors (Lipinski definition) is 3. The summed E-state index contributed by atoms with van der Waals surface area (Å²) in [4.78, 5) is 107. The number of ether oxygens (including phenoxy) is 4. The number of hydrogen-bond acceptors (Lipinski definition) is 12. The fraction of sp³-hybridized carbons (Fsp3) is 0.511. The van der Waals surface area contributed by atoms with E-state index in [4.69, 9.17) is 18.9 Å². The van der Waals surface area contributed by atoms with E-state index in [2.05, 4.69) is 22.5 Å². The summed E-state index contributed by atoms with van der Waals surface area (Å²) >= 11 is 0. The van der Waals surface area contributed by atoms with Crippen LogP contribution in [0.3, 0.4) is 0 Å². The van der Waals surface area contributed by atoms with Crippen LogP contribution in [-0.2, 0) is 46.5 Å². The zero-order valence-electron chi connectivity index (χ0n) is 37.2. The first-order chi connectivity index (χ1) is 29.7. The molecular weight excluding hydrogens is 817 g/mol. The summed E-state index contributed by atoms with van der Waals surface area (Å²) in [5.74, 6) is -2.54. The first-order valence-corrected chi connectivity index (χ1v) is 21.1. The molecule has 0 saturated carbocycles. The predicted octanol–water partition coefficient (Wildman–Crippen LogP) is 6.95. The number of rotatable bonds is 17. The Labute approximate surface area is 368 Å². The second kappa shape index (κ2) is 22.1. The van der Waals surface area contributed by atoms with Crippen LogP contribution in [0, 0.1) is 0 Å². The Balaban J connectivity index is 1.46. The van der Waals surface area contributed by atoms with Gasteiger partial charge in [0.15, 0.2) is 0 Å². The molecule has 2 aromatic carbocycles. The Morgan fingerprint density at radius 3 is 2.21 bits per heavy atom. The third kappa shape index (κ3) is 14.6. The van der Waals surface area contributed by atoms with Crippen molar-refractivity contribution in [3.63, 3.8) is 0 Å². The Kier molecular flexibility index (Phi) is 17.2. The van der Waals surface area contributed by atoms with Crippen molar-refractivity contribution in [2.24, 2.45) is 0 Å². The third-order valence-corrected chi connectivity index (χ3v) is 9.69. The number of carbonyl (C=O) groups is 8. The van der Waals surface area contributed by atoms with Gasteiger partial charge >= 0.3 is 24.4 Å². The number of likely N-dealkylation sites (tertiary alicyclic amines) is 1. The Morgan fingerprint density at radius 1 is 0.873 bits per heavy atom. The molecule has 63 heavy (non-hydrogen) atoms. The van der Waals surface area contributed by atoms with Crippen molar-refractivity contribution in [2.45, 2.75) is 130 Å². The normalized spacial score (nSPS) is 15.5. The fourth-order valence-electron chi connectivity index (χ4n) is 6.71. The molecule has 8 amide bonds. The van der Waals surface area contributed by atoms with Crippen LogP contribution in [0.2, 0.25) is 0 Å². The van der Waals surface area contributed by atoms with Gasteiger partial charge in [-0.05, 0) is 97.6 Å². The van der Waals surface area contributed by atoms with E-state index < -0.39 is 71.3 Å². The van der Waals surface area contributed by atoms with Crippen LogP contribution >= 0.6 is 0 Å². The molecule has 0 aliphatic carbocycles. The summed E-state index contributed by atoms with van der Waals surface area (Å²) in [6.45, 7) is 15.7.